The molecule has 11 heteroatoms. The molecule has 9 nitrogen and oxygen atoms in total. The van der Waals surface area contributed by atoms with E-state index in [1.54, 1.807) is 0 Å². The Morgan fingerprint density at radius 3 is 2.42 bits per heavy atom. The van der Waals surface area contributed by atoms with Gasteiger partial charge in [0.25, 0.3) is 5.91 Å². The number of sulfonamides is 1. The maximum absolute atomic E-state index is 13.0. The van der Waals surface area contributed by atoms with Gasteiger partial charge in [0.2, 0.25) is 15.9 Å². The Hall–Kier alpha value is -2.17. The Bertz CT molecular complexity index is 1050. The van der Waals surface area contributed by atoms with Crippen LogP contribution in [0.1, 0.15) is 57.8 Å². The number of hydrogen-bond donors (Lipinski definition) is 2. The lowest BCUT2D eigenvalue weighted by atomic mass is 9.82. The Labute approximate surface area is 198 Å². The molecular weight excluding hydrogens is 468 g/mol. The highest BCUT2D eigenvalue weighted by Gasteiger charge is 2.51. The first-order chi connectivity index (χ1) is 15.7. The lowest BCUT2D eigenvalue weighted by Crippen LogP contribution is -2.48. The van der Waals surface area contributed by atoms with Crippen molar-refractivity contribution in [2.24, 2.45) is 0 Å². The fraction of sp³-hybridized carbons (Fsp3) is 0.591. The molecular formula is C22H29ClN4O5S. The monoisotopic (exact) mass is 496 g/mol. The Morgan fingerprint density at radius 2 is 1.73 bits per heavy atom. The van der Waals surface area contributed by atoms with Gasteiger partial charge in [-0.1, -0.05) is 37.3 Å². The molecule has 1 aromatic rings. The first-order valence-electron chi connectivity index (χ1n) is 11.5. The number of carbonyl (C=O) groups is 3. The van der Waals surface area contributed by atoms with Crippen LogP contribution in [-0.4, -0.2) is 60.6 Å². The van der Waals surface area contributed by atoms with Crippen LogP contribution >= 0.6 is 11.6 Å². The van der Waals surface area contributed by atoms with Crippen molar-refractivity contribution < 1.29 is 22.8 Å². The predicted octanol–water partition coefficient (Wildman–Crippen LogP) is 3.10. The Morgan fingerprint density at radius 1 is 1.06 bits per heavy atom. The molecule has 2 heterocycles. The number of halogens is 1. The summed E-state index contributed by atoms with van der Waals surface area (Å²) in [6.45, 7) is 0.857. The third-order valence-corrected chi connectivity index (χ3v) is 9.04. The topological polar surface area (TPSA) is 116 Å². The molecule has 1 saturated carbocycles. The second-order valence-corrected chi connectivity index (χ2v) is 11.3. The predicted molar refractivity (Wildman–Crippen MR) is 123 cm³/mol. The number of nitrogens with zero attached hydrogens (tertiary/aromatic N) is 2. The van der Waals surface area contributed by atoms with E-state index in [0.717, 1.165) is 43.4 Å². The van der Waals surface area contributed by atoms with Crippen LogP contribution in [0.3, 0.4) is 0 Å². The largest absolute Gasteiger partial charge is 0.326 e. The number of hydrogen-bond acceptors (Lipinski definition) is 5. The maximum atomic E-state index is 13.0. The van der Waals surface area contributed by atoms with E-state index in [0.29, 0.717) is 31.6 Å². The van der Waals surface area contributed by atoms with E-state index >= 15 is 0 Å². The molecule has 4 amide bonds. The Kier molecular flexibility index (Phi) is 6.97. The molecule has 0 aromatic heterocycles. The van der Waals surface area contributed by atoms with Crippen LogP contribution in [0.25, 0.3) is 0 Å². The molecule has 2 aliphatic heterocycles. The summed E-state index contributed by atoms with van der Waals surface area (Å²) in [5.74, 6) is -0.690. The number of imide groups is 1. The van der Waals surface area contributed by atoms with Gasteiger partial charge in [-0.25, -0.2) is 13.2 Å². The summed E-state index contributed by atoms with van der Waals surface area (Å²) < 4.78 is 27.4. The minimum Gasteiger partial charge on any atom is -0.326 e. The molecule has 3 fully saturated rings. The van der Waals surface area contributed by atoms with Crippen molar-refractivity contribution in [3.63, 3.8) is 0 Å². The number of amides is 4. The fourth-order valence-corrected chi connectivity index (χ4v) is 6.85. The summed E-state index contributed by atoms with van der Waals surface area (Å²) in [6.07, 6.45) is 6.58. The maximum Gasteiger partial charge on any atom is 0.325 e. The van der Waals surface area contributed by atoms with E-state index < -0.39 is 27.5 Å². The van der Waals surface area contributed by atoms with Gasteiger partial charge in [-0.3, -0.25) is 14.5 Å². The standard InChI is InChI=1S/C22H29ClN4O5S/c23-17-8-7-16(15-18(17)33(31,32)26-12-5-2-6-13-26)24-19(28)9-14-27-20(29)22(25-21(27)30)10-3-1-4-11-22/h7-8,15H,1-6,9-14H2,(H,24,28)(H,25,30). The highest BCUT2D eigenvalue weighted by Crippen LogP contribution is 2.34. The number of anilines is 1. The second-order valence-electron chi connectivity index (χ2n) is 8.94. The molecule has 180 valence electrons. The van der Waals surface area contributed by atoms with Crippen LogP contribution in [0, 0.1) is 0 Å². The first-order valence-corrected chi connectivity index (χ1v) is 13.3. The summed E-state index contributed by atoms with van der Waals surface area (Å²) in [4.78, 5) is 38.8. The van der Waals surface area contributed by atoms with Gasteiger partial charge in [0.15, 0.2) is 0 Å². The number of benzene rings is 1. The lowest BCUT2D eigenvalue weighted by Gasteiger charge is -2.30. The minimum atomic E-state index is -3.76. The van der Waals surface area contributed by atoms with Crippen LogP contribution in [0.2, 0.25) is 5.02 Å². The molecule has 1 spiro atoms. The zero-order chi connectivity index (χ0) is 23.6. The summed E-state index contributed by atoms with van der Waals surface area (Å²) in [7, 11) is -3.76. The van der Waals surface area contributed by atoms with Gasteiger partial charge in [-0.05, 0) is 43.9 Å². The van der Waals surface area contributed by atoms with Crippen molar-refractivity contribution in [2.45, 2.75) is 68.2 Å². The van der Waals surface area contributed by atoms with E-state index in [-0.39, 0.29) is 28.8 Å². The van der Waals surface area contributed by atoms with Crippen molar-refractivity contribution in [3.05, 3.63) is 23.2 Å². The summed E-state index contributed by atoms with van der Waals surface area (Å²) in [6, 6.07) is 3.86. The summed E-state index contributed by atoms with van der Waals surface area (Å²) in [5.41, 5.74) is -0.527. The number of rotatable bonds is 6. The third-order valence-electron chi connectivity index (χ3n) is 6.66. The quantitative estimate of drug-likeness (QED) is 0.587. The van der Waals surface area contributed by atoms with Gasteiger partial charge in [-0.15, -0.1) is 0 Å². The molecule has 33 heavy (non-hydrogen) atoms. The first kappa shape index (κ1) is 24.0. The van der Waals surface area contributed by atoms with E-state index in [4.69, 9.17) is 11.6 Å². The molecule has 0 atom stereocenters. The number of urea groups is 1. The van der Waals surface area contributed by atoms with Gasteiger partial charge in [0.05, 0.1) is 5.02 Å². The average Bonchev–Trinajstić information content (AvgIpc) is 3.03. The van der Waals surface area contributed by atoms with Gasteiger partial charge < -0.3 is 10.6 Å². The molecule has 2 N–H and O–H groups in total. The average molecular weight is 497 g/mol. The second kappa shape index (κ2) is 9.60. The summed E-state index contributed by atoms with van der Waals surface area (Å²) >= 11 is 6.18. The van der Waals surface area contributed by atoms with Crippen molar-refractivity contribution in [1.29, 1.82) is 0 Å². The molecule has 1 aromatic carbocycles. The van der Waals surface area contributed by atoms with Crippen molar-refractivity contribution in [1.82, 2.24) is 14.5 Å². The molecule has 4 rings (SSSR count). The minimum absolute atomic E-state index is 0.0369. The van der Waals surface area contributed by atoms with E-state index in [1.807, 2.05) is 0 Å². The molecule has 0 bridgehead atoms. The van der Waals surface area contributed by atoms with Gasteiger partial charge in [0.1, 0.15) is 10.4 Å². The van der Waals surface area contributed by atoms with E-state index in [2.05, 4.69) is 10.6 Å². The summed E-state index contributed by atoms with van der Waals surface area (Å²) in [5, 5.41) is 5.58. The highest BCUT2D eigenvalue weighted by molar-refractivity contribution is 7.89. The van der Waals surface area contributed by atoms with Crippen LogP contribution < -0.4 is 10.6 Å². The normalized spacial score (nSPS) is 21.3. The van der Waals surface area contributed by atoms with Crippen LogP contribution in [-0.2, 0) is 19.6 Å². The molecule has 3 aliphatic rings. The fourth-order valence-electron chi connectivity index (χ4n) is 4.83. The third kappa shape index (κ3) is 4.88. The van der Waals surface area contributed by atoms with Gasteiger partial charge >= 0.3 is 6.03 Å². The van der Waals surface area contributed by atoms with Crippen molar-refractivity contribution in [3.8, 4) is 0 Å². The zero-order valence-electron chi connectivity index (χ0n) is 18.4. The van der Waals surface area contributed by atoms with Crippen molar-refractivity contribution in [2.75, 3.05) is 25.0 Å². The molecule has 1 aliphatic carbocycles. The molecule has 2 saturated heterocycles. The number of carbonyl (C=O) groups excluding carboxylic acids is 3. The van der Waals surface area contributed by atoms with Crippen molar-refractivity contribution >= 4 is 45.2 Å². The van der Waals surface area contributed by atoms with E-state index in [1.165, 1.54) is 22.5 Å². The van der Waals surface area contributed by atoms with Crippen LogP contribution in [0.15, 0.2) is 23.1 Å². The molecule has 0 unspecified atom stereocenters. The zero-order valence-corrected chi connectivity index (χ0v) is 20.0. The molecule has 0 radical (unpaired) electrons. The van der Waals surface area contributed by atoms with Crippen LogP contribution in [0.5, 0.6) is 0 Å². The van der Waals surface area contributed by atoms with E-state index in [9.17, 15) is 22.8 Å². The lowest BCUT2D eigenvalue weighted by molar-refractivity contribution is -0.132. The highest BCUT2D eigenvalue weighted by atomic mass is 35.5. The van der Waals surface area contributed by atoms with Gasteiger partial charge in [0, 0.05) is 31.7 Å². The SMILES string of the molecule is O=C(CCN1C(=O)NC2(CCCCC2)C1=O)Nc1ccc(Cl)c(S(=O)(=O)N2CCCCC2)c1. The smallest absolute Gasteiger partial charge is 0.325 e. The number of piperidine rings is 1. The van der Waals surface area contributed by atoms with Gasteiger partial charge in [-0.2, -0.15) is 4.31 Å². The Balaban J connectivity index is 1.39. The number of nitrogens with one attached hydrogen (secondary N) is 2. The van der Waals surface area contributed by atoms with Crippen LogP contribution in [0.4, 0.5) is 10.5 Å².